The molecule has 5 heteroatoms. The van der Waals surface area contributed by atoms with Gasteiger partial charge in [-0.2, -0.15) is 5.10 Å². The van der Waals surface area contributed by atoms with Gasteiger partial charge in [-0.05, 0) is 43.3 Å². The van der Waals surface area contributed by atoms with Crippen LogP contribution in [-0.4, -0.2) is 59.7 Å². The van der Waals surface area contributed by atoms with Gasteiger partial charge in [-0.1, -0.05) is 18.7 Å². The van der Waals surface area contributed by atoms with Gasteiger partial charge in [0.25, 0.3) is 0 Å². The van der Waals surface area contributed by atoms with Gasteiger partial charge in [0.15, 0.2) is 0 Å². The van der Waals surface area contributed by atoms with Crippen LogP contribution in [0.5, 0.6) is 0 Å². The predicted molar refractivity (Wildman–Crippen MR) is 102 cm³/mol. The zero-order valence-electron chi connectivity index (χ0n) is 14.9. The minimum atomic E-state index is -0.117. The second-order valence-corrected chi connectivity index (χ2v) is 7.44. The molecule has 0 aromatic heterocycles. The Kier molecular flexibility index (Phi) is 3.01. The van der Waals surface area contributed by atoms with Crippen molar-refractivity contribution in [2.24, 2.45) is 10.1 Å². The number of guanidine groups is 1. The van der Waals surface area contributed by atoms with Crippen molar-refractivity contribution in [1.29, 1.82) is 0 Å². The number of aliphatic imine (C=N–C) groups is 1. The van der Waals surface area contributed by atoms with Crippen molar-refractivity contribution < 1.29 is 0 Å². The highest BCUT2D eigenvalue weighted by Gasteiger charge is 2.61. The first-order chi connectivity index (χ1) is 12.1. The van der Waals surface area contributed by atoms with E-state index in [0.29, 0.717) is 0 Å². The summed E-state index contributed by atoms with van der Waals surface area (Å²) >= 11 is 0. The zero-order chi connectivity index (χ0) is 17.2. The summed E-state index contributed by atoms with van der Waals surface area (Å²) in [6.45, 7) is 10.1. The number of nitrogens with zero attached hydrogens (tertiary/aromatic N) is 5. The third-order valence-electron chi connectivity index (χ3n) is 5.75. The molecule has 25 heavy (non-hydrogen) atoms. The third kappa shape index (κ3) is 2.05. The molecule has 3 heterocycles. The van der Waals surface area contributed by atoms with E-state index in [1.165, 1.54) is 11.1 Å². The number of fused-ring (bicyclic) bond motifs is 1. The molecule has 0 amide bonds. The van der Waals surface area contributed by atoms with Crippen LogP contribution in [0.4, 0.5) is 5.69 Å². The van der Waals surface area contributed by atoms with E-state index in [1.807, 2.05) is 6.08 Å². The van der Waals surface area contributed by atoms with Crippen LogP contribution < -0.4 is 0 Å². The first kappa shape index (κ1) is 14.9. The fourth-order valence-electron chi connectivity index (χ4n) is 4.21. The van der Waals surface area contributed by atoms with Crippen LogP contribution >= 0.6 is 0 Å². The number of likely N-dealkylation sites (N-methyl/N-ethyl adjacent to an activating group) is 1. The fourth-order valence-corrected chi connectivity index (χ4v) is 4.21. The van der Waals surface area contributed by atoms with Crippen molar-refractivity contribution in [2.75, 3.05) is 33.2 Å². The van der Waals surface area contributed by atoms with Gasteiger partial charge in [0.2, 0.25) is 5.96 Å². The van der Waals surface area contributed by atoms with Gasteiger partial charge in [-0.15, -0.1) is 0 Å². The van der Waals surface area contributed by atoms with Gasteiger partial charge in [-0.25, -0.2) is 10.0 Å². The third-order valence-corrected chi connectivity index (χ3v) is 5.75. The molecule has 3 aliphatic heterocycles. The Morgan fingerprint density at radius 3 is 2.76 bits per heavy atom. The normalized spacial score (nSPS) is 27.5. The van der Waals surface area contributed by atoms with Gasteiger partial charge in [0, 0.05) is 38.2 Å². The highest BCUT2D eigenvalue weighted by molar-refractivity contribution is 6.00. The molecule has 4 aliphatic rings. The summed E-state index contributed by atoms with van der Waals surface area (Å²) in [5, 5.41) is 7.10. The van der Waals surface area contributed by atoms with Gasteiger partial charge >= 0.3 is 0 Å². The number of benzene rings is 1. The van der Waals surface area contributed by atoms with E-state index < -0.39 is 0 Å². The summed E-state index contributed by atoms with van der Waals surface area (Å²) in [5.41, 5.74) is 5.88. The van der Waals surface area contributed by atoms with Crippen LogP contribution in [0.15, 0.2) is 46.5 Å². The van der Waals surface area contributed by atoms with Gasteiger partial charge in [0.1, 0.15) is 5.54 Å². The van der Waals surface area contributed by atoms with Crippen LogP contribution in [0.1, 0.15) is 24.5 Å². The number of piperazine rings is 1. The van der Waals surface area contributed by atoms with Crippen LogP contribution in [0, 0.1) is 0 Å². The molecule has 1 unspecified atom stereocenters. The molecule has 0 radical (unpaired) electrons. The van der Waals surface area contributed by atoms with E-state index in [4.69, 9.17) is 10.1 Å². The molecule has 1 saturated heterocycles. The first-order valence-corrected chi connectivity index (χ1v) is 8.97. The summed E-state index contributed by atoms with van der Waals surface area (Å²) in [6.07, 6.45) is 5.19. The molecule has 1 spiro atoms. The summed E-state index contributed by atoms with van der Waals surface area (Å²) in [5.74, 6) is 1.01. The Balaban J connectivity index is 1.65. The van der Waals surface area contributed by atoms with Crippen LogP contribution in [0.2, 0.25) is 0 Å². The van der Waals surface area contributed by atoms with E-state index in [9.17, 15) is 0 Å². The standard InChI is InChI=1S/C20H23N5/c1-4-15-5-6-18-17(12-15)20-13-16(20)11-14(2)22-25(20)19(21-18)24-9-7-23(3)8-10-24/h4-6,11-12H,1,7-10,13H2,2-3H3. The summed E-state index contributed by atoms with van der Waals surface area (Å²) < 4.78 is 0. The maximum absolute atomic E-state index is 5.04. The number of hydrazone groups is 1. The van der Waals surface area contributed by atoms with Crippen molar-refractivity contribution in [3.05, 3.63) is 47.6 Å². The quantitative estimate of drug-likeness (QED) is 0.793. The smallest absolute Gasteiger partial charge is 0.224 e. The topological polar surface area (TPSA) is 34.4 Å². The van der Waals surface area contributed by atoms with E-state index in [0.717, 1.165) is 55.5 Å². The molecule has 1 aromatic rings. The monoisotopic (exact) mass is 333 g/mol. The van der Waals surface area contributed by atoms with Crippen LogP contribution in [0.25, 0.3) is 6.08 Å². The lowest BCUT2D eigenvalue weighted by Gasteiger charge is -2.43. The minimum absolute atomic E-state index is 0.117. The number of allylic oxidation sites excluding steroid dienone is 1. The maximum atomic E-state index is 5.04. The molecular formula is C20H23N5. The number of rotatable bonds is 1. The summed E-state index contributed by atoms with van der Waals surface area (Å²) in [6, 6.07) is 6.47. The largest absolute Gasteiger partial charge is 0.338 e. The molecular weight excluding hydrogens is 310 g/mol. The molecule has 2 fully saturated rings. The molecule has 0 N–H and O–H groups in total. The SMILES string of the molecule is C=Cc1ccc2c(c1)C13CC1=CC(C)=NN3C(N1CCN(C)CC1)=N2. The molecule has 0 bridgehead atoms. The minimum Gasteiger partial charge on any atom is -0.338 e. The fraction of sp³-hybridized carbons (Fsp3) is 0.400. The van der Waals surface area contributed by atoms with E-state index in [1.54, 1.807) is 0 Å². The Morgan fingerprint density at radius 2 is 2.00 bits per heavy atom. The Bertz CT molecular complexity index is 857. The van der Waals surface area contributed by atoms with E-state index >= 15 is 0 Å². The number of hydrogen-bond acceptors (Lipinski definition) is 5. The van der Waals surface area contributed by atoms with E-state index in [2.05, 4.69) is 59.6 Å². The molecule has 5 nitrogen and oxygen atoms in total. The lowest BCUT2D eigenvalue weighted by atomic mass is 9.96. The van der Waals surface area contributed by atoms with Crippen LogP contribution in [0.3, 0.4) is 0 Å². The first-order valence-electron chi connectivity index (χ1n) is 8.97. The van der Waals surface area contributed by atoms with Gasteiger partial charge in [-0.3, -0.25) is 0 Å². The van der Waals surface area contributed by atoms with Crippen molar-refractivity contribution in [2.45, 2.75) is 18.9 Å². The second-order valence-electron chi connectivity index (χ2n) is 7.44. The van der Waals surface area contributed by atoms with Crippen molar-refractivity contribution in [3.63, 3.8) is 0 Å². The van der Waals surface area contributed by atoms with Gasteiger partial charge < -0.3 is 9.80 Å². The zero-order valence-corrected chi connectivity index (χ0v) is 14.9. The Hall–Kier alpha value is -2.40. The summed E-state index contributed by atoms with van der Waals surface area (Å²) in [7, 11) is 2.18. The van der Waals surface area contributed by atoms with E-state index in [-0.39, 0.29) is 5.54 Å². The maximum Gasteiger partial charge on any atom is 0.224 e. The average Bonchev–Trinajstić information content (AvgIpc) is 3.34. The molecule has 1 atom stereocenters. The van der Waals surface area contributed by atoms with Crippen molar-refractivity contribution in [1.82, 2.24) is 14.8 Å². The van der Waals surface area contributed by atoms with Crippen LogP contribution in [-0.2, 0) is 5.54 Å². The van der Waals surface area contributed by atoms with Crippen molar-refractivity contribution in [3.8, 4) is 0 Å². The average molecular weight is 333 g/mol. The van der Waals surface area contributed by atoms with Gasteiger partial charge in [0.05, 0.1) is 11.4 Å². The lowest BCUT2D eigenvalue weighted by Crippen LogP contribution is -2.55. The lowest BCUT2D eigenvalue weighted by molar-refractivity contribution is 0.181. The summed E-state index contributed by atoms with van der Waals surface area (Å²) in [4.78, 5) is 9.80. The Labute approximate surface area is 148 Å². The molecule has 1 aliphatic carbocycles. The molecule has 128 valence electrons. The van der Waals surface area contributed by atoms with Crippen molar-refractivity contribution >= 4 is 23.4 Å². The second kappa shape index (κ2) is 5.05. The number of hydrogen-bond donors (Lipinski definition) is 0. The predicted octanol–water partition coefficient (Wildman–Crippen LogP) is 2.80. The molecule has 1 saturated carbocycles. The highest BCUT2D eigenvalue weighted by Crippen LogP contribution is 2.62. The molecule has 5 rings (SSSR count). The molecule has 1 aromatic carbocycles. The Morgan fingerprint density at radius 1 is 1.20 bits per heavy atom. The highest BCUT2D eigenvalue weighted by atomic mass is 15.6.